The Morgan fingerprint density at radius 1 is 1.03 bits per heavy atom. The summed E-state index contributed by atoms with van der Waals surface area (Å²) >= 11 is 23.6. The Kier molecular flexibility index (Phi) is 18.0. The molecule has 2 atom stereocenters. The van der Waals surface area contributed by atoms with Gasteiger partial charge in [0.15, 0.2) is 0 Å². The molecular formula is C30H32Cl4N2O2. The molecule has 2 rings (SSSR count). The number of carbonyl (C=O) groups is 1. The summed E-state index contributed by atoms with van der Waals surface area (Å²) in [5.74, 6) is -0.928. The van der Waals surface area contributed by atoms with Crippen molar-refractivity contribution in [1.29, 1.82) is 5.26 Å². The van der Waals surface area contributed by atoms with E-state index in [9.17, 15) is 10.1 Å². The second-order valence-corrected chi connectivity index (χ2v) is 9.77. The van der Waals surface area contributed by atoms with E-state index in [1.54, 1.807) is 42.5 Å². The lowest BCUT2D eigenvalue weighted by atomic mass is 9.74. The summed E-state index contributed by atoms with van der Waals surface area (Å²) in [6.45, 7) is 19.7. The molecule has 1 N–H and O–H groups in total. The highest BCUT2D eigenvalue weighted by Gasteiger charge is 2.32. The molecule has 2 aromatic carbocycles. The zero-order valence-electron chi connectivity index (χ0n) is 21.4. The lowest BCUT2D eigenvalue weighted by Gasteiger charge is -2.26. The Bertz CT molecular complexity index is 1170. The molecule has 0 fully saturated rings. The van der Waals surface area contributed by atoms with Crippen LogP contribution in [0.4, 0.5) is 0 Å². The predicted molar refractivity (Wildman–Crippen MR) is 161 cm³/mol. The fourth-order valence-electron chi connectivity index (χ4n) is 3.35. The van der Waals surface area contributed by atoms with E-state index in [0.29, 0.717) is 38.5 Å². The van der Waals surface area contributed by atoms with E-state index in [1.165, 1.54) is 0 Å². The Morgan fingerprint density at radius 2 is 1.58 bits per heavy atom. The van der Waals surface area contributed by atoms with Gasteiger partial charge < -0.3 is 9.95 Å². The number of hydrogen-bond acceptors (Lipinski definition) is 2. The molecule has 0 saturated heterocycles. The van der Waals surface area contributed by atoms with Crippen LogP contribution in [0.15, 0.2) is 74.4 Å². The summed E-state index contributed by atoms with van der Waals surface area (Å²) in [6.07, 6.45) is 8.14. The van der Waals surface area contributed by atoms with Gasteiger partial charge in [-0.25, -0.2) is 6.57 Å². The molecule has 202 valence electrons. The van der Waals surface area contributed by atoms with Crippen molar-refractivity contribution in [3.05, 3.63) is 117 Å². The SMILES string of the molecule is C=CC.C=CCCC(C#N)(CCC(=O)O)c1ccc(Cl)c(Cl)c1.[C-]#[N+]C(CCC=C)c1ccc(Cl)c(Cl)c1. The third kappa shape index (κ3) is 12.2. The molecule has 2 unspecified atom stereocenters. The summed E-state index contributed by atoms with van der Waals surface area (Å²) in [4.78, 5) is 14.4. The van der Waals surface area contributed by atoms with Crippen LogP contribution in [-0.2, 0) is 10.2 Å². The van der Waals surface area contributed by atoms with Crippen molar-refractivity contribution in [2.75, 3.05) is 0 Å². The molecule has 0 bridgehead atoms. The highest BCUT2D eigenvalue weighted by molar-refractivity contribution is 6.42. The number of carboxylic acid groups (broad SMARTS) is 1. The molecule has 0 amide bonds. The average Bonchev–Trinajstić information content (AvgIpc) is 2.89. The van der Waals surface area contributed by atoms with E-state index in [0.717, 1.165) is 18.4 Å². The fraction of sp³-hybridized carbons (Fsp3) is 0.300. The van der Waals surface area contributed by atoms with Crippen LogP contribution in [0.25, 0.3) is 4.85 Å². The molecule has 0 aliphatic rings. The molecule has 2 aromatic rings. The Labute approximate surface area is 246 Å². The van der Waals surface area contributed by atoms with Crippen molar-refractivity contribution < 1.29 is 9.90 Å². The molecular weight excluding hydrogens is 562 g/mol. The maximum absolute atomic E-state index is 10.8. The van der Waals surface area contributed by atoms with Crippen LogP contribution >= 0.6 is 46.4 Å². The number of rotatable bonds is 11. The first kappa shape index (κ1) is 35.3. The lowest BCUT2D eigenvalue weighted by Crippen LogP contribution is -2.25. The molecule has 8 heteroatoms. The van der Waals surface area contributed by atoms with Crippen molar-refractivity contribution >= 4 is 52.4 Å². The number of carboxylic acids is 1. The second-order valence-electron chi connectivity index (χ2n) is 8.14. The van der Waals surface area contributed by atoms with Gasteiger partial charge in [0.25, 0.3) is 0 Å². The van der Waals surface area contributed by atoms with Gasteiger partial charge in [0, 0.05) is 18.4 Å². The van der Waals surface area contributed by atoms with Crippen molar-refractivity contribution in [1.82, 2.24) is 0 Å². The maximum Gasteiger partial charge on any atom is 0.303 e. The fourth-order valence-corrected chi connectivity index (χ4v) is 3.96. The molecule has 0 spiro atoms. The highest BCUT2D eigenvalue weighted by atomic mass is 35.5. The van der Waals surface area contributed by atoms with Crippen LogP contribution in [0.1, 0.15) is 62.6 Å². The monoisotopic (exact) mass is 592 g/mol. The second kappa shape index (κ2) is 19.4. The largest absolute Gasteiger partial charge is 0.481 e. The minimum Gasteiger partial charge on any atom is -0.481 e. The van der Waals surface area contributed by atoms with Crippen molar-refractivity contribution in [2.45, 2.75) is 56.9 Å². The minimum atomic E-state index is -0.928. The summed E-state index contributed by atoms with van der Waals surface area (Å²) in [6, 6.07) is 12.4. The van der Waals surface area contributed by atoms with Crippen LogP contribution in [-0.4, -0.2) is 11.1 Å². The summed E-state index contributed by atoms with van der Waals surface area (Å²) in [5, 5.41) is 20.2. The van der Waals surface area contributed by atoms with Gasteiger partial charge in [-0.3, -0.25) is 4.79 Å². The standard InChI is InChI=1S/C15H15Cl2NO2.C12H11Cl2N.C3H6/c1-2-3-7-15(10-18,8-6-14(19)20)11-4-5-12(16)13(17)9-11;1-3-4-5-12(15-2)9-6-7-10(13)11(14)8-9;1-3-2/h2,4-5,9H,1,3,6-8H2,(H,19,20);3,6-8,12H,1,4-5H2;3H,1H2,2H3. The highest BCUT2D eigenvalue weighted by Crippen LogP contribution is 2.37. The number of halogens is 4. The normalized spacial score (nSPS) is 12.0. The number of allylic oxidation sites excluding steroid dienone is 3. The van der Waals surface area contributed by atoms with E-state index < -0.39 is 11.4 Å². The minimum absolute atomic E-state index is 0.0784. The smallest absolute Gasteiger partial charge is 0.303 e. The third-order valence-electron chi connectivity index (χ3n) is 5.36. The molecule has 0 aromatic heterocycles. The van der Waals surface area contributed by atoms with Crippen LogP contribution in [0.2, 0.25) is 20.1 Å². The van der Waals surface area contributed by atoms with Gasteiger partial charge in [0.05, 0.1) is 31.6 Å². The van der Waals surface area contributed by atoms with E-state index >= 15 is 0 Å². The zero-order valence-corrected chi connectivity index (χ0v) is 24.4. The van der Waals surface area contributed by atoms with E-state index in [1.807, 2.05) is 19.1 Å². The summed E-state index contributed by atoms with van der Waals surface area (Å²) in [5.41, 5.74) is 0.722. The number of nitriles is 1. The number of aliphatic carboxylic acids is 1. The van der Waals surface area contributed by atoms with Crippen LogP contribution in [0.5, 0.6) is 0 Å². The average molecular weight is 594 g/mol. The third-order valence-corrected chi connectivity index (χ3v) is 6.83. The molecule has 4 nitrogen and oxygen atoms in total. The van der Waals surface area contributed by atoms with Gasteiger partial charge in [-0.2, -0.15) is 5.26 Å². The molecule has 0 radical (unpaired) electrons. The Morgan fingerprint density at radius 3 is 2.03 bits per heavy atom. The van der Waals surface area contributed by atoms with Gasteiger partial charge in [-0.15, -0.1) is 19.7 Å². The Hall–Kier alpha value is -2.73. The van der Waals surface area contributed by atoms with Crippen molar-refractivity contribution in [3.8, 4) is 6.07 Å². The zero-order chi connectivity index (χ0) is 29.1. The molecule has 0 aliphatic heterocycles. The lowest BCUT2D eigenvalue weighted by molar-refractivity contribution is -0.137. The quantitative estimate of drug-likeness (QED) is 0.208. The Balaban J connectivity index is 0.000000674. The van der Waals surface area contributed by atoms with Gasteiger partial charge in [-0.05, 0) is 68.5 Å². The predicted octanol–water partition coefficient (Wildman–Crippen LogP) is 10.7. The maximum atomic E-state index is 10.8. The first-order chi connectivity index (χ1) is 18.0. The van der Waals surface area contributed by atoms with Gasteiger partial charge in [0.1, 0.15) is 0 Å². The van der Waals surface area contributed by atoms with Crippen LogP contribution < -0.4 is 0 Å². The van der Waals surface area contributed by atoms with Crippen LogP contribution in [0, 0.1) is 17.9 Å². The molecule has 0 aliphatic carbocycles. The number of hydrogen-bond donors (Lipinski definition) is 1. The van der Waals surface area contributed by atoms with Crippen molar-refractivity contribution in [3.63, 3.8) is 0 Å². The van der Waals surface area contributed by atoms with E-state index in [2.05, 4.69) is 30.7 Å². The first-order valence-corrected chi connectivity index (χ1v) is 13.3. The molecule has 38 heavy (non-hydrogen) atoms. The van der Waals surface area contributed by atoms with Crippen molar-refractivity contribution in [2.24, 2.45) is 0 Å². The van der Waals surface area contributed by atoms with E-state index in [-0.39, 0.29) is 18.9 Å². The van der Waals surface area contributed by atoms with E-state index in [4.69, 9.17) is 58.1 Å². The van der Waals surface area contributed by atoms with Crippen LogP contribution in [0.3, 0.4) is 0 Å². The van der Waals surface area contributed by atoms with Gasteiger partial charge in [0.2, 0.25) is 6.04 Å². The van der Waals surface area contributed by atoms with Gasteiger partial charge >= 0.3 is 5.97 Å². The van der Waals surface area contributed by atoms with Gasteiger partial charge in [-0.1, -0.05) is 70.7 Å². The molecule has 0 heterocycles. The number of nitrogens with zero attached hydrogens (tertiary/aromatic N) is 2. The topological polar surface area (TPSA) is 65.5 Å². The summed E-state index contributed by atoms with van der Waals surface area (Å²) < 4.78 is 0. The number of benzene rings is 2. The molecule has 0 saturated carbocycles. The first-order valence-electron chi connectivity index (χ1n) is 11.7. The summed E-state index contributed by atoms with van der Waals surface area (Å²) in [7, 11) is 0.